The molecule has 2 N–H and O–H groups in total. The molecule has 4 nitrogen and oxygen atoms in total. The minimum atomic E-state index is -0.314. The van der Waals surface area contributed by atoms with Crippen LogP contribution in [0.25, 0.3) is 0 Å². The molecule has 20 heavy (non-hydrogen) atoms. The molecule has 0 saturated carbocycles. The van der Waals surface area contributed by atoms with E-state index in [4.69, 9.17) is 0 Å². The van der Waals surface area contributed by atoms with Crippen molar-refractivity contribution in [1.29, 1.82) is 0 Å². The van der Waals surface area contributed by atoms with Gasteiger partial charge in [0.05, 0.1) is 0 Å². The quantitative estimate of drug-likeness (QED) is 0.835. The summed E-state index contributed by atoms with van der Waals surface area (Å²) in [5, 5.41) is 5.39. The Morgan fingerprint density at radius 1 is 0.900 bits per heavy atom. The number of anilines is 2. The van der Waals surface area contributed by atoms with Crippen LogP contribution in [0.15, 0.2) is 67.3 Å². The van der Waals surface area contributed by atoms with Gasteiger partial charge in [0, 0.05) is 16.9 Å². The molecule has 2 amide bonds. The molecule has 0 aliphatic carbocycles. The van der Waals surface area contributed by atoms with Gasteiger partial charge in [-0.3, -0.25) is 9.59 Å². The molecule has 0 aliphatic rings. The van der Waals surface area contributed by atoms with Crippen molar-refractivity contribution in [3.8, 4) is 0 Å². The Hall–Kier alpha value is -2.88. The predicted molar refractivity (Wildman–Crippen MR) is 79.7 cm³/mol. The highest BCUT2D eigenvalue weighted by Crippen LogP contribution is 2.13. The van der Waals surface area contributed by atoms with Crippen molar-refractivity contribution in [2.75, 3.05) is 10.6 Å². The highest BCUT2D eigenvalue weighted by atomic mass is 16.2. The Bertz CT molecular complexity index is 636. The van der Waals surface area contributed by atoms with Crippen LogP contribution in [-0.2, 0) is 4.79 Å². The SMILES string of the molecule is C=CC(=O)Nc1cccc(C(=O)Nc2ccccc2)c1. The first-order valence-electron chi connectivity index (χ1n) is 6.09. The molecule has 0 radical (unpaired) electrons. The van der Waals surface area contributed by atoms with E-state index in [1.807, 2.05) is 18.2 Å². The van der Waals surface area contributed by atoms with E-state index in [2.05, 4.69) is 17.2 Å². The zero-order chi connectivity index (χ0) is 14.4. The lowest BCUT2D eigenvalue weighted by atomic mass is 10.2. The Kier molecular flexibility index (Phi) is 4.29. The lowest BCUT2D eigenvalue weighted by molar-refractivity contribution is -0.111. The third kappa shape index (κ3) is 3.55. The van der Waals surface area contributed by atoms with Crippen LogP contribution in [0.3, 0.4) is 0 Å². The van der Waals surface area contributed by atoms with E-state index < -0.39 is 0 Å². The van der Waals surface area contributed by atoms with Crippen molar-refractivity contribution in [2.45, 2.75) is 0 Å². The van der Waals surface area contributed by atoms with Gasteiger partial charge in [0.15, 0.2) is 0 Å². The summed E-state index contributed by atoms with van der Waals surface area (Å²) in [6.45, 7) is 3.38. The fraction of sp³-hybridized carbons (Fsp3) is 0. The maximum atomic E-state index is 12.1. The molecule has 0 heterocycles. The Morgan fingerprint density at radius 2 is 1.60 bits per heavy atom. The molecule has 0 atom stereocenters. The molecule has 0 aromatic heterocycles. The molecule has 0 bridgehead atoms. The molecule has 4 heteroatoms. The van der Waals surface area contributed by atoms with E-state index in [9.17, 15) is 9.59 Å². The van der Waals surface area contributed by atoms with Gasteiger partial charge in [-0.15, -0.1) is 0 Å². The average molecular weight is 266 g/mol. The average Bonchev–Trinajstić information content (AvgIpc) is 2.48. The Labute approximate surface area is 117 Å². The summed E-state index contributed by atoms with van der Waals surface area (Å²) in [6.07, 6.45) is 1.18. The predicted octanol–water partition coefficient (Wildman–Crippen LogP) is 3.06. The molecule has 0 aliphatic heterocycles. The second-order valence-corrected chi connectivity index (χ2v) is 4.09. The molecule has 0 unspecified atom stereocenters. The zero-order valence-electron chi connectivity index (χ0n) is 10.8. The summed E-state index contributed by atoms with van der Waals surface area (Å²) < 4.78 is 0. The standard InChI is InChI=1S/C16H14N2O2/c1-2-15(19)17-14-10-6-7-12(11-14)16(20)18-13-8-4-3-5-9-13/h2-11H,1H2,(H,17,19)(H,18,20). The van der Waals surface area contributed by atoms with E-state index in [0.717, 1.165) is 5.69 Å². The Balaban J connectivity index is 2.12. The van der Waals surface area contributed by atoms with Crippen molar-refractivity contribution in [3.63, 3.8) is 0 Å². The van der Waals surface area contributed by atoms with Crippen LogP contribution >= 0.6 is 0 Å². The number of hydrogen-bond acceptors (Lipinski definition) is 2. The zero-order valence-corrected chi connectivity index (χ0v) is 10.8. The fourth-order valence-electron chi connectivity index (χ4n) is 1.66. The minimum Gasteiger partial charge on any atom is -0.323 e. The highest BCUT2D eigenvalue weighted by Gasteiger charge is 2.07. The van der Waals surface area contributed by atoms with Crippen LogP contribution in [0.2, 0.25) is 0 Å². The Morgan fingerprint density at radius 3 is 2.30 bits per heavy atom. The minimum absolute atomic E-state index is 0.231. The lowest BCUT2D eigenvalue weighted by Gasteiger charge is -2.07. The molecular weight excluding hydrogens is 252 g/mol. The highest BCUT2D eigenvalue weighted by molar-refractivity contribution is 6.05. The number of nitrogens with one attached hydrogen (secondary N) is 2. The summed E-state index contributed by atoms with van der Waals surface area (Å²) in [6, 6.07) is 15.9. The van der Waals surface area contributed by atoms with Gasteiger partial charge in [0.2, 0.25) is 5.91 Å². The van der Waals surface area contributed by atoms with Crippen LogP contribution in [0.5, 0.6) is 0 Å². The van der Waals surface area contributed by atoms with Crippen molar-refractivity contribution in [2.24, 2.45) is 0 Å². The number of amides is 2. The van der Waals surface area contributed by atoms with E-state index >= 15 is 0 Å². The van der Waals surface area contributed by atoms with E-state index in [1.165, 1.54) is 6.08 Å². The largest absolute Gasteiger partial charge is 0.323 e. The monoisotopic (exact) mass is 266 g/mol. The maximum Gasteiger partial charge on any atom is 0.255 e. The number of hydrogen-bond donors (Lipinski definition) is 2. The summed E-state index contributed by atoms with van der Waals surface area (Å²) in [7, 11) is 0. The van der Waals surface area contributed by atoms with Crippen molar-refractivity contribution in [3.05, 3.63) is 72.8 Å². The smallest absolute Gasteiger partial charge is 0.255 e. The van der Waals surface area contributed by atoms with Crippen LogP contribution in [0.1, 0.15) is 10.4 Å². The number of benzene rings is 2. The first-order valence-corrected chi connectivity index (χ1v) is 6.09. The van der Waals surface area contributed by atoms with E-state index in [1.54, 1.807) is 36.4 Å². The topological polar surface area (TPSA) is 58.2 Å². The van der Waals surface area contributed by atoms with Crippen molar-refractivity contribution >= 4 is 23.2 Å². The first kappa shape index (κ1) is 13.5. The van der Waals surface area contributed by atoms with Gasteiger partial charge in [0.1, 0.15) is 0 Å². The summed E-state index contributed by atoms with van der Waals surface area (Å²) in [5.74, 6) is -0.545. The lowest BCUT2D eigenvalue weighted by Crippen LogP contribution is -2.13. The fourth-order valence-corrected chi connectivity index (χ4v) is 1.66. The van der Waals surface area contributed by atoms with E-state index in [0.29, 0.717) is 11.3 Å². The number of carbonyl (C=O) groups excluding carboxylic acids is 2. The first-order chi connectivity index (χ1) is 9.69. The number of rotatable bonds is 4. The van der Waals surface area contributed by atoms with Crippen LogP contribution in [0.4, 0.5) is 11.4 Å². The van der Waals surface area contributed by atoms with Gasteiger partial charge in [-0.2, -0.15) is 0 Å². The van der Waals surface area contributed by atoms with Gasteiger partial charge in [-0.1, -0.05) is 30.8 Å². The normalized spacial score (nSPS) is 9.60. The van der Waals surface area contributed by atoms with Gasteiger partial charge >= 0.3 is 0 Å². The van der Waals surface area contributed by atoms with Crippen LogP contribution in [-0.4, -0.2) is 11.8 Å². The van der Waals surface area contributed by atoms with Gasteiger partial charge < -0.3 is 10.6 Å². The van der Waals surface area contributed by atoms with Crippen molar-refractivity contribution in [1.82, 2.24) is 0 Å². The second kappa shape index (κ2) is 6.33. The third-order valence-corrected chi connectivity index (χ3v) is 2.61. The molecule has 2 aromatic carbocycles. The van der Waals surface area contributed by atoms with Gasteiger partial charge in [0.25, 0.3) is 5.91 Å². The summed E-state index contributed by atoms with van der Waals surface area (Å²) >= 11 is 0. The van der Waals surface area contributed by atoms with Crippen molar-refractivity contribution < 1.29 is 9.59 Å². The molecule has 0 fully saturated rings. The molecule has 100 valence electrons. The maximum absolute atomic E-state index is 12.1. The van der Waals surface area contributed by atoms with E-state index in [-0.39, 0.29) is 11.8 Å². The number of carbonyl (C=O) groups is 2. The molecule has 0 saturated heterocycles. The van der Waals surface area contributed by atoms with Crippen LogP contribution in [0, 0.1) is 0 Å². The molecular formula is C16H14N2O2. The summed E-state index contributed by atoms with van der Waals surface area (Å²) in [5.41, 5.74) is 1.74. The second-order valence-electron chi connectivity index (χ2n) is 4.09. The van der Waals surface area contributed by atoms with Gasteiger partial charge in [-0.05, 0) is 36.4 Å². The molecule has 0 spiro atoms. The molecule has 2 rings (SSSR count). The third-order valence-electron chi connectivity index (χ3n) is 2.61. The molecule has 2 aromatic rings. The summed E-state index contributed by atoms with van der Waals surface area (Å²) in [4.78, 5) is 23.3. The van der Waals surface area contributed by atoms with Crippen LogP contribution < -0.4 is 10.6 Å². The van der Waals surface area contributed by atoms with Gasteiger partial charge in [-0.25, -0.2) is 0 Å². The number of para-hydroxylation sites is 1.